The van der Waals surface area contributed by atoms with Crippen LogP contribution in [0.5, 0.6) is 0 Å². The molecule has 0 saturated heterocycles. The van der Waals surface area contributed by atoms with Crippen molar-refractivity contribution in [2.75, 3.05) is 20.1 Å². The maximum atomic E-state index is 12.1. The molecule has 2 rings (SSSR count). The van der Waals surface area contributed by atoms with Crippen LogP contribution in [0.3, 0.4) is 0 Å². The van der Waals surface area contributed by atoms with Crippen molar-refractivity contribution in [3.05, 3.63) is 57.8 Å². The Morgan fingerprint density at radius 1 is 1.23 bits per heavy atom. The van der Waals surface area contributed by atoms with Crippen molar-refractivity contribution in [1.82, 2.24) is 16.0 Å². The predicted octanol–water partition coefficient (Wildman–Crippen LogP) is 3.36. The van der Waals surface area contributed by atoms with E-state index in [0.29, 0.717) is 24.6 Å². The zero-order valence-corrected chi connectivity index (χ0v) is 16.5. The van der Waals surface area contributed by atoms with Crippen molar-refractivity contribution in [1.29, 1.82) is 0 Å². The van der Waals surface area contributed by atoms with Gasteiger partial charge in [0, 0.05) is 32.2 Å². The van der Waals surface area contributed by atoms with Gasteiger partial charge < -0.3 is 16.0 Å². The lowest BCUT2D eigenvalue weighted by atomic mass is 10.1. The molecule has 1 heterocycles. The molecule has 0 bridgehead atoms. The third kappa shape index (κ3) is 6.19. The van der Waals surface area contributed by atoms with Gasteiger partial charge in [0.2, 0.25) is 0 Å². The molecule has 5 nitrogen and oxygen atoms in total. The molecule has 2 aromatic rings. The van der Waals surface area contributed by atoms with E-state index in [0.717, 1.165) is 24.5 Å². The van der Waals surface area contributed by atoms with Gasteiger partial charge in [-0.25, -0.2) is 0 Å². The zero-order chi connectivity index (χ0) is 18.8. The Labute approximate surface area is 159 Å². The smallest absolute Gasteiger partial charge is 0.251 e. The number of nitrogens with zero attached hydrogens (tertiary/aromatic N) is 1. The molecule has 0 aliphatic heterocycles. The molecular weight excluding hydrogens is 344 g/mol. The highest BCUT2D eigenvalue weighted by atomic mass is 32.1. The minimum Gasteiger partial charge on any atom is -0.356 e. The Morgan fingerprint density at radius 2 is 2.08 bits per heavy atom. The molecule has 1 amide bonds. The van der Waals surface area contributed by atoms with Crippen molar-refractivity contribution in [2.45, 2.75) is 32.7 Å². The number of carbonyl (C=O) groups is 1. The van der Waals surface area contributed by atoms with Crippen LogP contribution in [0.1, 0.15) is 47.7 Å². The number of hydrogen-bond acceptors (Lipinski definition) is 3. The lowest BCUT2D eigenvalue weighted by molar-refractivity contribution is 0.0953. The molecule has 6 heteroatoms. The Kier molecular flexibility index (Phi) is 8.15. The fourth-order valence-electron chi connectivity index (χ4n) is 2.49. The summed E-state index contributed by atoms with van der Waals surface area (Å²) in [4.78, 5) is 16.3. The number of benzene rings is 1. The molecule has 26 heavy (non-hydrogen) atoms. The van der Waals surface area contributed by atoms with Crippen LogP contribution in [0.15, 0.2) is 46.1 Å². The number of guanidine groups is 1. The second-order valence-corrected chi connectivity index (χ2v) is 7.00. The lowest BCUT2D eigenvalue weighted by Crippen LogP contribution is -2.38. The van der Waals surface area contributed by atoms with Gasteiger partial charge >= 0.3 is 0 Å². The maximum absolute atomic E-state index is 12.1. The van der Waals surface area contributed by atoms with Gasteiger partial charge in [-0.3, -0.25) is 9.79 Å². The number of amides is 1. The number of thiophene rings is 1. The van der Waals surface area contributed by atoms with E-state index < -0.39 is 0 Å². The van der Waals surface area contributed by atoms with Crippen molar-refractivity contribution >= 4 is 23.2 Å². The monoisotopic (exact) mass is 372 g/mol. The molecule has 140 valence electrons. The normalized spacial score (nSPS) is 12.5. The SMILES string of the molecule is CCCNC(=O)c1cccc(CNC(=NC)NCC(C)c2ccsc2)c1. The quantitative estimate of drug-likeness (QED) is 0.492. The van der Waals surface area contributed by atoms with E-state index in [4.69, 9.17) is 0 Å². The summed E-state index contributed by atoms with van der Waals surface area (Å²) in [5.41, 5.74) is 3.07. The second kappa shape index (κ2) is 10.6. The first-order valence-electron chi connectivity index (χ1n) is 8.97. The average molecular weight is 373 g/mol. The third-order valence-electron chi connectivity index (χ3n) is 4.10. The zero-order valence-electron chi connectivity index (χ0n) is 15.7. The van der Waals surface area contributed by atoms with Gasteiger partial charge in [0.05, 0.1) is 0 Å². The summed E-state index contributed by atoms with van der Waals surface area (Å²) in [6, 6.07) is 9.82. The summed E-state index contributed by atoms with van der Waals surface area (Å²) in [5.74, 6) is 1.15. The van der Waals surface area contributed by atoms with Crippen LogP contribution in [0.4, 0.5) is 0 Å². The summed E-state index contributed by atoms with van der Waals surface area (Å²) >= 11 is 1.72. The van der Waals surface area contributed by atoms with Crippen LogP contribution in [0, 0.1) is 0 Å². The number of carbonyl (C=O) groups excluding carboxylic acids is 1. The molecule has 0 saturated carbocycles. The van der Waals surface area contributed by atoms with E-state index in [1.165, 1.54) is 5.56 Å². The minimum atomic E-state index is -0.0270. The van der Waals surface area contributed by atoms with Crippen LogP contribution in [0.25, 0.3) is 0 Å². The number of hydrogen-bond donors (Lipinski definition) is 3. The van der Waals surface area contributed by atoms with Crippen LogP contribution < -0.4 is 16.0 Å². The summed E-state index contributed by atoms with van der Waals surface area (Å²) in [5, 5.41) is 13.8. The Bertz CT molecular complexity index is 712. The van der Waals surface area contributed by atoms with Crippen LogP contribution in [-0.2, 0) is 6.54 Å². The van der Waals surface area contributed by atoms with Gasteiger partial charge in [0.25, 0.3) is 5.91 Å². The Hall–Kier alpha value is -2.34. The molecule has 1 atom stereocenters. The van der Waals surface area contributed by atoms with Crippen molar-refractivity contribution in [3.63, 3.8) is 0 Å². The van der Waals surface area contributed by atoms with Gasteiger partial charge in [0.15, 0.2) is 5.96 Å². The second-order valence-electron chi connectivity index (χ2n) is 6.22. The molecule has 0 spiro atoms. The minimum absolute atomic E-state index is 0.0270. The van der Waals surface area contributed by atoms with Gasteiger partial charge in [-0.1, -0.05) is 26.0 Å². The van der Waals surface area contributed by atoms with E-state index in [2.05, 4.69) is 44.7 Å². The first-order chi connectivity index (χ1) is 12.6. The van der Waals surface area contributed by atoms with Crippen LogP contribution in [-0.4, -0.2) is 32.0 Å². The first-order valence-corrected chi connectivity index (χ1v) is 9.92. The summed E-state index contributed by atoms with van der Waals surface area (Å²) in [6.45, 7) is 6.36. The van der Waals surface area contributed by atoms with E-state index in [1.807, 2.05) is 31.2 Å². The standard InChI is InChI=1S/C20H28N4OS/c1-4-9-22-19(25)17-7-5-6-16(11-17)13-24-20(21-3)23-12-15(2)18-8-10-26-14-18/h5-8,10-11,14-15H,4,9,12-13H2,1-3H3,(H,22,25)(H2,21,23,24). The van der Waals surface area contributed by atoms with E-state index >= 15 is 0 Å². The molecule has 1 aromatic heterocycles. The highest BCUT2D eigenvalue weighted by Gasteiger charge is 2.08. The van der Waals surface area contributed by atoms with Gasteiger partial charge in [-0.15, -0.1) is 0 Å². The molecule has 0 aliphatic rings. The third-order valence-corrected chi connectivity index (χ3v) is 4.80. The first kappa shape index (κ1) is 20.0. The van der Waals surface area contributed by atoms with E-state index in [9.17, 15) is 4.79 Å². The highest BCUT2D eigenvalue weighted by molar-refractivity contribution is 7.07. The van der Waals surface area contributed by atoms with Gasteiger partial charge in [0.1, 0.15) is 0 Å². The number of aliphatic imine (C=N–C) groups is 1. The predicted molar refractivity (Wildman–Crippen MR) is 110 cm³/mol. The van der Waals surface area contributed by atoms with Gasteiger partial charge in [-0.2, -0.15) is 11.3 Å². The van der Waals surface area contributed by atoms with Crippen molar-refractivity contribution in [3.8, 4) is 0 Å². The molecule has 0 fully saturated rings. The summed E-state index contributed by atoms with van der Waals surface area (Å²) in [6.07, 6.45) is 0.929. The summed E-state index contributed by atoms with van der Waals surface area (Å²) in [7, 11) is 1.76. The fraction of sp³-hybridized carbons (Fsp3) is 0.400. The molecular formula is C20H28N4OS. The number of nitrogens with one attached hydrogen (secondary N) is 3. The van der Waals surface area contributed by atoms with Gasteiger partial charge in [-0.05, 0) is 52.4 Å². The average Bonchev–Trinajstić information content (AvgIpc) is 3.21. The largest absolute Gasteiger partial charge is 0.356 e. The van der Waals surface area contributed by atoms with Crippen molar-refractivity contribution in [2.24, 2.45) is 4.99 Å². The van der Waals surface area contributed by atoms with Crippen LogP contribution >= 0.6 is 11.3 Å². The Balaban J connectivity index is 1.85. The van der Waals surface area contributed by atoms with E-state index in [1.54, 1.807) is 18.4 Å². The maximum Gasteiger partial charge on any atom is 0.251 e. The number of rotatable bonds is 8. The van der Waals surface area contributed by atoms with Crippen LogP contribution in [0.2, 0.25) is 0 Å². The molecule has 0 aliphatic carbocycles. The fourth-order valence-corrected chi connectivity index (χ4v) is 3.27. The molecule has 1 aromatic carbocycles. The highest BCUT2D eigenvalue weighted by Crippen LogP contribution is 2.17. The van der Waals surface area contributed by atoms with E-state index in [-0.39, 0.29) is 5.91 Å². The lowest BCUT2D eigenvalue weighted by Gasteiger charge is -2.15. The Morgan fingerprint density at radius 3 is 2.77 bits per heavy atom. The summed E-state index contributed by atoms with van der Waals surface area (Å²) < 4.78 is 0. The van der Waals surface area contributed by atoms with Crippen molar-refractivity contribution < 1.29 is 4.79 Å². The molecule has 1 unspecified atom stereocenters. The molecule has 0 radical (unpaired) electrons. The molecule has 3 N–H and O–H groups in total. The topological polar surface area (TPSA) is 65.5 Å².